The monoisotopic (exact) mass is 462 g/mol. The summed E-state index contributed by atoms with van der Waals surface area (Å²) in [6.07, 6.45) is 1.52. The highest BCUT2D eigenvalue weighted by molar-refractivity contribution is 9.10. The van der Waals surface area contributed by atoms with E-state index in [0.29, 0.717) is 13.1 Å². The van der Waals surface area contributed by atoms with Gasteiger partial charge < -0.3 is 5.32 Å². The highest BCUT2D eigenvalue weighted by Crippen LogP contribution is 2.38. The minimum atomic E-state index is -0.412. The number of imide groups is 1. The molecular weight excluding hydrogens is 448 g/mol. The Hall–Kier alpha value is -1.97. The van der Waals surface area contributed by atoms with Gasteiger partial charge in [0.25, 0.3) is 0 Å². The molecule has 0 spiro atoms. The fourth-order valence-electron chi connectivity index (χ4n) is 2.79. The van der Waals surface area contributed by atoms with E-state index in [1.54, 1.807) is 18.3 Å². The van der Waals surface area contributed by atoms with E-state index in [9.17, 15) is 9.59 Å². The quantitative estimate of drug-likeness (QED) is 0.465. The van der Waals surface area contributed by atoms with Crippen molar-refractivity contribution in [2.24, 2.45) is 0 Å². The van der Waals surface area contributed by atoms with Crippen molar-refractivity contribution < 1.29 is 9.59 Å². The molecule has 1 unspecified atom stereocenters. The third kappa shape index (κ3) is 3.71. The van der Waals surface area contributed by atoms with Gasteiger partial charge in [0.2, 0.25) is 5.91 Å². The van der Waals surface area contributed by atoms with E-state index < -0.39 is 5.25 Å². The summed E-state index contributed by atoms with van der Waals surface area (Å²) >= 11 is 6.42. The van der Waals surface area contributed by atoms with Crippen LogP contribution in [0.1, 0.15) is 6.92 Å². The van der Waals surface area contributed by atoms with Crippen molar-refractivity contribution in [1.29, 1.82) is 0 Å². The van der Waals surface area contributed by atoms with Gasteiger partial charge in [-0.05, 0) is 30.7 Å². The minimum absolute atomic E-state index is 0.202. The second-order valence-electron chi connectivity index (χ2n) is 5.99. The van der Waals surface area contributed by atoms with Crippen LogP contribution in [0, 0.1) is 0 Å². The average molecular weight is 463 g/mol. The van der Waals surface area contributed by atoms with Crippen molar-refractivity contribution in [3.05, 3.63) is 41.1 Å². The first-order valence-electron chi connectivity index (χ1n) is 8.29. The molecule has 1 fully saturated rings. The summed E-state index contributed by atoms with van der Waals surface area (Å²) in [7, 11) is 0. The summed E-state index contributed by atoms with van der Waals surface area (Å²) in [5.74, 6) is -0.202. The fourth-order valence-corrected chi connectivity index (χ4v) is 5.21. The smallest absolute Gasteiger partial charge is 0.324 e. The van der Waals surface area contributed by atoms with Gasteiger partial charge in [-0.25, -0.2) is 14.8 Å². The number of hydrogen-bond donors (Lipinski definition) is 1. The van der Waals surface area contributed by atoms with Gasteiger partial charge in [0.1, 0.15) is 11.4 Å². The number of nitrogens with zero attached hydrogens (tertiary/aromatic N) is 3. The van der Waals surface area contributed by atoms with Crippen LogP contribution in [-0.4, -0.2) is 45.1 Å². The molecule has 1 aliphatic rings. The number of halogens is 1. The highest BCUT2D eigenvalue weighted by Gasteiger charge is 2.30. The van der Waals surface area contributed by atoms with E-state index in [0.717, 1.165) is 30.2 Å². The van der Waals surface area contributed by atoms with Gasteiger partial charge in [-0.1, -0.05) is 39.8 Å². The Bertz CT molecular complexity index is 1020. The number of carbonyl (C=O) groups excluding carboxylic acids is 2. The molecule has 138 valence electrons. The predicted molar refractivity (Wildman–Crippen MR) is 111 cm³/mol. The molecule has 3 heterocycles. The Morgan fingerprint density at radius 3 is 2.81 bits per heavy atom. The van der Waals surface area contributed by atoms with E-state index in [1.165, 1.54) is 23.0 Å². The summed E-state index contributed by atoms with van der Waals surface area (Å²) in [4.78, 5) is 35.4. The summed E-state index contributed by atoms with van der Waals surface area (Å²) in [6.45, 7) is 2.71. The maximum absolute atomic E-state index is 12.6. The van der Waals surface area contributed by atoms with Crippen molar-refractivity contribution in [2.45, 2.75) is 17.2 Å². The number of thioether (sulfide) groups is 1. The van der Waals surface area contributed by atoms with Crippen LogP contribution in [0.5, 0.6) is 0 Å². The van der Waals surface area contributed by atoms with Crippen LogP contribution in [0.2, 0.25) is 0 Å². The van der Waals surface area contributed by atoms with Crippen LogP contribution in [0.25, 0.3) is 20.7 Å². The molecule has 3 amide bonds. The van der Waals surface area contributed by atoms with Gasteiger partial charge in [-0.3, -0.25) is 9.69 Å². The lowest BCUT2D eigenvalue weighted by atomic mass is 10.2. The number of benzene rings is 1. The number of urea groups is 1. The van der Waals surface area contributed by atoms with Crippen LogP contribution in [0.15, 0.2) is 46.2 Å². The second-order valence-corrected chi connectivity index (χ2v) is 9.29. The summed E-state index contributed by atoms with van der Waals surface area (Å²) in [6, 6.07) is 9.82. The molecule has 0 bridgehead atoms. The number of carbonyl (C=O) groups is 2. The van der Waals surface area contributed by atoms with Crippen molar-refractivity contribution in [2.75, 3.05) is 13.1 Å². The Morgan fingerprint density at radius 2 is 2.11 bits per heavy atom. The number of nitrogens with one attached hydrogen (secondary N) is 1. The lowest BCUT2D eigenvalue weighted by Gasteiger charge is -2.17. The molecule has 0 radical (unpaired) electrons. The topological polar surface area (TPSA) is 75.2 Å². The van der Waals surface area contributed by atoms with Crippen LogP contribution < -0.4 is 5.32 Å². The molecule has 1 saturated heterocycles. The molecule has 27 heavy (non-hydrogen) atoms. The average Bonchev–Trinajstić information content (AvgIpc) is 3.28. The number of rotatable bonds is 4. The zero-order valence-electron chi connectivity index (χ0n) is 14.3. The van der Waals surface area contributed by atoms with Crippen molar-refractivity contribution in [3.63, 3.8) is 0 Å². The first-order valence-corrected chi connectivity index (χ1v) is 10.8. The number of aromatic nitrogens is 2. The maximum atomic E-state index is 12.6. The molecular formula is C18H15BrN4O2S2. The SMILES string of the molecule is CC(Sc1ncnc2cc(-c3ccc(Br)cc3)sc12)C(=O)N1CCNC1=O. The normalized spacial score (nSPS) is 15.2. The predicted octanol–water partition coefficient (Wildman–Crippen LogP) is 4.15. The maximum Gasteiger partial charge on any atom is 0.324 e. The van der Waals surface area contributed by atoms with Gasteiger partial charge in [0.15, 0.2) is 0 Å². The molecule has 0 aliphatic carbocycles. The second kappa shape index (κ2) is 7.57. The number of fused-ring (bicyclic) bond motifs is 1. The van der Waals surface area contributed by atoms with E-state index >= 15 is 0 Å². The number of thiophene rings is 1. The van der Waals surface area contributed by atoms with Crippen LogP contribution >= 0.6 is 39.0 Å². The molecule has 2 aromatic heterocycles. The van der Waals surface area contributed by atoms with Crippen molar-refractivity contribution in [3.8, 4) is 10.4 Å². The molecule has 1 aromatic carbocycles. The Morgan fingerprint density at radius 1 is 1.33 bits per heavy atom. The zero-order valence-corrected chi connectivity index (χ0v) is 17.5. The first kappa shape index (κ1) is 18.4. The van der Waals surface area contributed by atoms with Gasteiger partial charge in [0.05, 0.1) is 15.5 Å². The van der Waals surface area contributed by atoms with Crippen molar-refractivity contribution in [1.82, 2.24) is 20.2 Å². The van der Waals surface area contributed by atoms with Gasteiger partial charge >= 0.3 is 6.03 Å². The fraction of sp³-hybridized carbons (Fsp3) is 0.222. The van der Waals surface area contributed by atoms with Crippen LogP contribution in [0.3, 0.4) is 0 Å². The standard InChI is InChI=1S/C18H15BrN4O2S2/c1-10(17(24)23-7-6-20-18(23)25)26-16-15-13(21-9-22-16)8-14(27-15)11-2-4-12(19)5-3-11/h2-5,8-10H,6-7H2,1H3,(H,20,25). The first-order chi connectivity index (χ1) is 13.0. The Kier molecular flexibility index (Phi) is 5.16. The van der Waals surface area contributed by atoms with E-state index in [1.807, 2.05) is 30.3 Å². The molecule has 6 nitrogen and oxygen atoms in total. The summed E-state index contributed by atoms with van der Waals surface area (Å²) in [5, 5.41) is 3.00. The zero-order chi connectivity index (χ0) is 19.0. The summed E-state index contributed by atoms with van der Waals surface area (Å²) in [5.41, 5.74) is 1.96. The Labute approximate surface area is 172 Å². The van der Waals surface area contributed by atoms with Gasteiger partial charge in [0, 0.05) is 22.4 Å². The van der Waals surface area contributed by atoms with Gasteiger partial charge in [-0.15, -0.1) is 11.3 Å². The molecule has 1 atom stereocenters. The van der Waals surface area contributed by atoms with Gasteiger partial charge in [-0.2, -0.15) is 0 Å². The Balaban J connectivity index is 1.61. The largest absolute Gasteiger partial charge is 0.336 e. The van der Waals surface area contributed by atoms with E-state index in [2.05, 4.69) is 31.2 Å². The lowest BCUT2D eigenvalue weighted by molar-refractivity contribution is -0.126. The highest BCUT2D eigenvalue weighted by atomic mass is 79.9. The van der Waals surface area contributed by atoms with Crippen LogP contribution in [0.4, 0.5) is 4.79 Å². The summed E-state index contributed by atoms with van der Waals surface area (Å²) < 4.78 is 1.98. The molecule has 4 rings (SSSR count). The van der Waals surface area contributed by atoms with E-state index in [4.69, 9.17) is 0 Å². The molecule has 0 saturated carbocycles. The number of amides is 3. The van der Waals surface area contributed by atoms with E-state index in [-0.39, 0.29) is 11.9 Å². The molecule has 1 aliphatic heterocycles. The molecule has 1 N–H and O–H groups in total. The van der Waals surface area contributed by atoms with Crippen molar-refractivity contribution >= 4 is 61.2 Å². The molecule has 9 heteroatoms. The number of hydrogen-bond acceptors (Lipinski definition) is 6. The third-order valence-corrected chi connectivity index (χ3v) is 7.09. The minimum Gasteiger partial charge on any atom is -0.336 e. The third-order valence-electron chi connectivity index (χ3n) is 4.17. The lowest BCUT2D eigenvalue weighted by Crippen LogP contribution is -2.38. The molecule has 3 aromatic rings. The van der Waals surface area contributed by atoms with Crippen LogP contribution in [-0.2, 0) is 4.79 Å².